The van der Waals surface area contributed by atoms with Gasteiger partial charge in [0, 0.05) is 13.2 Å². The summed E-state index contributed by atoms with van der Waals surface area (Å²) in [5.41, 5.74) is -1.12. The Kier molecular flexibility index (Phi) is 3.13. The van der Waals surface area contributed by atoms with Gasteiger partial charge >= 0.3 is 6.18 Å². The van der Waals surface area contributed by atoms with Crippen molar-refractivity contribution in [1.29, 1.82) is 0 Å². The van der Waals surface area contributed by atoms with Crippen LogP contribution in [0.3, 0.4) is 0 Å². The summed E-state index contributed by atoms with van der Waals surface area (Å²) in [6, 6.07) is -0.208. The van der Waals surface area contributed by atoms with Crippen molar-refractivity contribution in [2.75, 3.05) is 12.4 Å². The number of halogens is 3. The van der Waals surface area contributed by atoms with E-state index in [1.807, 2.05) is 0 Å². The molecule has 2 rings (SSSR count). The average molecular weight is 274 g/mol. The molecule has 9 heteroatoms. The van der Waals surface area contributed by atoms with Crippen LogP contribution in [0.15, 0.2) is 12.3 Å². The van der Waals surface area contributed by atoms with Crippen molar-refractivity contribution in [2.45, 2.75) is 18.6 Å². The molecule has 1 N–H and O–H groups in total. The maximum atomic E-state index is 12.4. The number of likely N-dealkylation sites (tertiary alicyclic amines) is 1. The molecule has 6 nitrogen and oxygen atoms in total. The summed E-state index contributed by atoms with van der Waals surface area (Å²) in [4.78, 5) is 30.6. The first-order valence-electron chi connectivity index (χ1n) is 5.26. The van der Waals surface area contributed by atoms with Crippen molar-refractivity contribution < 1.29 is 22.8 Å². The van der Waals surface area contributed by atoms with Crippen molar-refractivity contribution in [3.8, 4) is 0 Å². The third-order valence-electron chi connectivity index (χ3n) is 2.63. The Labute approximate surface area is 105 Å². The number of alkyl halides is 3. The van der Waals surface area contributed by atoms with E-state index in [2.05, 4.69) is 15.3 Å². The van der Waals surface area contributed by atoms with Crippen LogP contribution in [0.1, 0.15) is 12.1 Å². The number of amides is 2. The Morgan fingerprint density at radius 1 is 1.42 bits per heavy atom. The van der Waals surface area contributed by atoms with Gasteiger partial charge in [-0.05, 0) is 6.07 Å². The molecule has 1 aromatic heterocycles. The molecular weight excluding hydrogens is 265 g/mol. The van der Waals surface area contributed by atoms with Crippen molar-refractivity contribution in [3.63, 3.8) is 0 Å². The summed E-state index contributed by atoms with van der Waals surface area (Å²) >= 11 is 0. The van der Waals surface area contributed by atoms with Gasteiger partial charge in [0.1, 0.15) is 11.7 Å². The third kappa shape index (κ3) is 2.64. The van der Waals surface area contributed by atoms with E-state index >= 15 is 0 Å². The highest BCUT2D eigenvalue weighted by atomic mass is 19.4. The maximum Gasteiger partial charge on any atom is 0.433 e. The molecule has 1 aromatic rings. The highest BCUT2D eigenvalue weighted by Crippen LogP contribution is 2.27. The van der Waals surface area contributed by atoms with Gasteiger partial charge in [0.2, 0.25) is 11.9 Å². The fraction of sp³-hybridized carbons (Fsp3) is 0.400. The van der Waals surface area contributed by atoms with Gasteiger partial charge < -0.3 is 5.32 Å². The van der Waals surface area contributed by atoms with Gasteiger partial charge in [-0.3, -0.25) is 14.5 Å². The minimum atomic E-state index is -4.59. The number of hydrogen-bond donors (Lipinski definition) is 1. The molecule has 0 radical (unpaired) electrons. The second-order valence-corrected chi connectivity index (χ2v) is 3.96. The van der Waals surface area contributed by atoms with E-state index in [0.717, 1.165) is 17.2 Å². The summed E-state index contributed by atoms with van der Waals surface area (Å²) < 4.78 is 37.3. The topological polar surface area (TPSA) is 75.2 Å². The molecule has 0 bridgehead atoms. The predicted octanol–water partition coefficient (Wildman–Crippen LogP) is 0.665. The van der Waals surface area contributed by atoms with E-state index in [1.165, 1.54) is 7.05 Å². The van der Waals surface area contributed by atoms with Crippen LogP contribution in [0, 0.1) is 0 Å². The smallest absolute Gasteiger partial charge is 0.342 e. The molecule has 1 aliphatic heterocycles. The number of nitrogens with zero attached hydrogens (tertiary/aromatic N) is 3. The molecule has 2 heterocycles. The van der Waals surface area contributed by atoms with Gasteiger partial charge in [-0.15, -0.1) is 0 Å². The quantitative estimate of drug-likeness (QED) is 0.802. The van der Waals surface area contributed by atoms with Gasteiger partial charge in [0.05, 0.1) is 6.42 Å². The lowest BCUT2D eigenvalue weighted by Crippen LogP contribution is -2.32. The van der Waals surface area contributed by atoms with E-state index in [1.54, 1.807) is 0 Å². The number of rotatable bonds is 2. The monoisotopic (exact) mass is 274 g/mol. The largest absolute Gasteiger partial charge is 0.433 e. The zero-order chi connectivity index (χ0) is 14.2. The van der Waals surface area contributed by atoms with Crippen molar-refractivity contribution >= 4 is 17.8 Å². The molecule has 1 saturated heterocycles. The first-order valence-corrected chi connectivity index (χ1v) is 5.26. The Balaban J connectivity index is 2.17. The van der Waals surface area contributed by atoms with E-state index in [-0.39, 0.29) is 12.4 Å². The summed E-state index contributed by atoms with van der Waals surface area (Å²) in [7, 11) is 1.30. The van der Waals surface area contributed by atoms with Crippen LogP contribution in [0.25, 0.3) is 0 Å². The number of carbonyl (C=O) groups is 2. The maximum absolute atomic E-state index is 12.4. The Hall–Kier alpha value is -2.19. The van der Waals surface area contributed by atoms with Crippen molar-refractivity contribution in [2.24, 2.45) is 0 Å². The fourth-order valence-electron chi connectivity index (χ4n) is 1.61. The normalized spacial score (nSPS) is 20.0. The Morgan fingerprint density at radius 2 is 2.11 bits per heavy atom. The second kappa shape index (κ2) is 4.48. The Bertz CT molecular complexity index is 532. The SMILES string of the molecule is CN1C(=O)CC(Nc2nccc(C(F)(F)F)n2)C1=O. The fourth-order valence-corrected chi connectivity index (χ4v) is 1.61. The molecule has 1 aliphatic rings. The minimum absolute atomic E-state index is 0.130. The average Bonchev–Trinajstić information content (AvgIpc) is 2.56. The summed E-state index contributed by atoms with van der Waals surface area (Å²) in [5, 5.41) is 2.43. The van der Waals surface area contributed by atoms with E-state index in [0.29, 0.717) is 0 Å². The standard InChI is InChI=1S/C10H9F3N4O2/c1-17-7(18)4-5(8(17)19)15-9-14-3-2-6(16-9)10(11,12)13/h2-3,5H,4H2,1H3,(H,14,15,16). The molecule has 102 valence electrons. The van der Waals surface area contributed by atoms with Gasteiger partial charge in [0.15, 0.2) is 0 Å². The number of carbonyl (C=O) groups excluding carboxylic acids is 2. The lowest BCUT2D eigenvalue weighted by Gasteiger charge is -2.12. The molecule has 1 unspecified atom stereocenters. The highest BCUT2D eigenvalue weighted by Gasteiger charge is 2.37. The number of imide groups is 1. The molecule has 19 heavy (non-hydrogen) atoms. The van der Waals surface area contributed by atoms with Crippen LogP contribution in [-0.4, -0.2) is 39.8 Å². The van der Waals surface area contributed by atoms with Crippen LogP contribution in [0.5, 0.6) is 0 Å². The van der Waals surface area contributed by atoms with Crippen LogP contribution < -0.4 is 5.32 Å². The number of hydrogen-bond acceptors (Lipinski definition) is 5. The Morgan fingerprint density at radius 3 is 2.63 bits per heavy atom. The molecule has 2 amide bonds. The molecule has 0 spiro atoms. The van der Waals surface area contributed by atoms with Crippen LogP contribution in [0.2, 0.25) is 0 Å². The van der Waals surface area contributed by atoms with Crippen molar-refractivity contribution in [3.05, 3.63) is 18.0 Å². The first-order chi connectivity index (χ1) is 8.79. The summed E-state index contributed by atoms with van der Waals surface area (Å²) in [6.07, 6.45) is -3.79. The van der Waals surface area contributed by atoms with E-state index in [4.69, 9.17) is 0 Å². The second-order valence-electron chi connectivity index (χ2n) is 3.96. The molecular formula is C10H9F3N4O2. The van der Waals surface area contributed by atoms with E-state index < -0.39 is 29.7 Å². The lowest BCUT2D eigenvalue weighted by atomic mass is 10.2. The van der Waals surface area contributed by atoms with Gasteiger partial charge in [-0.2, -0.15) is 13.2 Å². The van der Waals surface area contributed by atoms with Gasteiger partial charge in [-0.25, -0.2) is 9.97 Å². The number of likely N-dealkylation sites (N-methyl/N-ethyl adjacent to an activating group) is 1. The zero-order valence-electron chi connectivity index (χ0n) is 9.73. The minimum Gasteiger partial charge on any atom is -0.342 e. The van der Waals surface area contributed by atoms with Crippen LogP contribution in [-0.2, 0) is 15.8 Å². The number of nitrogens with one attached hydrogen (secondary N) is 1. The van der Waals surface area contributed by atoms with Gasteiger partial charge in [-0.1, -0.05) is 0 Å². The van der Waals surface area contributed by atoms with Crippen molar-refractivity contribution in [1.82, 2.24) is 14.9 Å². The molecule has 0 aliphatic carbocycles. The van der Waals surface area contributed by atoms with Crippen LogP contribution in [0.4, 0.5) is 19.1 Å². The zero-order valence-corrected chi connectivity index (χ0v) is 9.73. The first kappa shape index (κ1) is 13.2. The van der Waals surface area contributed by atoms with Crippen LogP contribution >= 0.6 is 0 Å². The molecule has 1 fully saturated rings. The molecule has 0 aromatic carbocycles. The number of anilines is 1. The lowest BCUT2D eigenvalue weighted by molar-refractivity contribution is -0.141. The highest BCUT2D eigenvalue weighted by molar-refractivity contribution is 6.06. The predicted molar refractivity (Wildman–Crippen MR) is 56.8 cm³/mol. The van der Waals surface area contributed by atoms with E-state index in [9.17, 15) is 22.8 Å². The molecule has 0 saturated carbocycles. The van der Waals surface area contributed by atoms with Gasteiger partial charge in [0.25, 0.3) is 5.91 Å². The third-order valence-corrected chi connectivity index (χ3v) is 2.63. The summed E-state index contributed by atoms with van der Waals surface area (Å²) in [5.74, 6) is -1.27. The number of aromatic nitrogens is 2. The summed E-state index contributed by atoms with van der Waals surface area (Å²) in [6.45, 7) is 0. The molecule has 1 atom stereocenters.